The number of nitrogens with one attached hydrogen (secondary N) is 1. The summed E-state index contributed by atoms with van der Waals surface area (Å²) in [6.45, 7) is 5.24. The summed E-state index contributed by atoms with van der Waals surface area (Å²) in [4.78, 5) is 2.34. The molecule has 2 aromatic rings. The Bertz CT molecular complexity index is 628. The summed E-state index contributed by atoms with van der Waals surface area (Å²) >= 11 is 1.37. The number of ether oxygens (including phenoxy) is 1. The van der Waals surface area contributed by atoms with Crippen molar-refractivity contribution in [3.63, 3.8) is 0 Å². The van der Waals surface area contributed by atoms with E-state index in [9.17, 15) is 10.2 Å². The fraction of sp³-hybridized carbons (Fsp3) is 0.429. The van der Waals surface area contributed by atoms with E-state index in [-0.39, 0.29) is 11.5 Å². The minimum absolute atomic E-state index is 0.00369. The van der Waals surface area contributed by atoms with Crippen molar-refractivity contribution in [3.05, 3.63) is 18.2 Å². The molecule has 1 aromatic heterocycles. The van der Waals surface area contributed by atoms with E-state index >= 15 is 0 Å². The molecule has 0 aliphatic carbocycles. The maximum absolute atomic E-state index is 9.84. The van der Waals surface area contributed by atoms with Crippen molar-refractivity contribution >= 4 is 16.5 Å². The molecule has 1 aromatic carbocycles. The van der Waals surface area contributed by atoms with Gasteiger partial charge in [0.25, 0.3) is 0 Å². The van der Waals surface area contributed by atoms with Gasteiger partial charge in [0.05, 0.1) is 18.8 Å². The van der Waals surface area contributed by atoms with E-state index in [4.69, 9.17) is 4.74 Å². The van der Waals surface area contributed by atoms with Crippen LogP contribution in [0.1, 0.15) is 0 Å². The molecule has 7 nitrogen and oxygen atoms in total. The quantitative estimate of drug-likeness (QED) is 0.765. The number of phenols is 2. The number of hydrogen-bond donors (Lipinski definition) is 3. The number of rotatable bonds is 5. The number of aromatic hydroxyl groups is 2. The highest BCUT2D eigenvalue weighted by atomic mass is 32.1. The Morgan fingerprint density at radius 1 is 1.23 bits per heavy atom. The van der Waals surface area contributed by atoms with E-state index in [1.54, 1.807) is 6.07 Å². The fourth-order valence-electron chi connectivity index (χ4n) is 2.25. The van der Waals surface area contributed by atoms with Crippen molar-refractivity contribution in [3.8, 4) is 22.1 Å². The van der Waals surface area contributed by atoms with Crippen LogP contribution in [0.5, 0.6) is 11.5 Å². The molecule has 1 fully saturated rings. The molecule has 8 heteroatoms. The SMILES string of the molecule is Oc1ccc(-c2nnc(NCCN3CCOCC3)s2)c(O)c1. The minimum atomic E-state index is -0.00369. The first-order chi connectivity index (χ1) is 10.7. The third kappa shape index (κ3) is 3.65. The van der Waals surface area contributed by atoms with Gasteiger partial charge >= 0.3 is 0 Å². The predicted octanol–water partition coefficient (Wildman–Crippen LogP) is 1.36. The highest BCUT2D eigenvalue weighted by Crippen LogP contribution is 2.34. The van der Waals surface area contributed by atoms with Crippen LogP contribution in [0.15, 0.2) is 18.2 Å². The normalized spacial score (nSPS) is 15.8. The molecule has 0 saturated carbocycles. The number of morpholine rings is 1. The van der Waals surface area contributed by atoms with Gasteiger partial charge in [-0.05, 0) is 12.1 Å². The average molecular weight is 322 g/mol. The zero-order chi connectivity index (χ0) is 15.4. The lowest BCUT2D eigenvalue weighted by molar-refractivity contribution is 0.0398. The van der Waals surface area contributed by atoms with Gasteiger partial charge in [-0.2, -0.15) is 0 Å². The number of anilines is 1. The molecule has 0 spiro atoms. The number of aromatic nitrogens is 2. The minimum Gasteiger partial charge on any atom is -0.508 e. The van der Waals surface area contributed by atoms with Crippen LogP contribution in [0.2, 0.25) is 0 Å². The molecule has 1 saturated heterocycles. The van der Waals surface area contributed by atoms with E-state index in [2.05, 4.69) is 20.4 Å². The molecule has 2 heterocycles. The summed E-state index contributed by atoms with van der Waals surface area (Å²) < 4.78 is 5.31. The lowest BCUT2D eigenvalue weighted by Gasteiger charge is -2.26. The first-order valence-corrected chi connectivity index (χ1v) is 7.94. The van der Waals surface area contributed by atoms with Crippen LogP contribution in [0.4, 0.5) is 5.13 Å². The predicted molar refractivity (Wildman–Crippen MR) is 84.4 cm³/mol. The van der Waals surface area contributed by atoms with Crippen LogP contribution in [0.3, 0.4) is 0 Å². The molecule has 0 atom stereocenters. The molecule has 3 rings (SSSR count). The summed E-state index contributed by atoms with van der Waals surface area (Å²) in [5, 5.41) is 31.9. The Balaban J connectivity index is 1.56. The Kier molecular flexibility index (Phi) is 4.71. The van der Waals surface area contributed by atoms with Crippen molar-refractivity contribution in [2.75, 3.05) is 44.7 Å². The average Bonchev–Trinajstić information content (AvgIpc) is 2.97. The lowest BCUT2D eigenvalue weighted by Crippen LogP contribution is -2.38. The van der Waals surface area contributed by atoms with E-state index in [0.29, 0.717) is 10.6 Å². The van der Waals surface area contributed by atoms with Gasteiger partial charge < -0.3 is 20.3 Å². The van der Waals surface area contributed by atoms with Gasteiger partial charge in [-0.15, -0.1) is 10.2 Å². The molecular weight excluding hydrogens is 304 g/mol. The van der Waals surface area contributed by atoms with Gasteiger partial charge in [0, 0.05) is 32.2 Å². The van der Waals surface area contributed by atoms with E-state index < -0.39 is 0 Å². The van der Waals surface area contributed by atoms with Gasteiger partial charge in [0.15, 0.2) is 5.01 Å². The first kappa shape index (κ1) is 15.0. The maximum Gasteiger partial charge on any atom is 0.206 e. The third-order valence-corrected chi connectivity index (χ3v) is 4.36. The van der Waals surface area contributed by atoms with Gasteiger partial charge in [-0.25, -0.2) is 0 Å². The van der Waals surface area contributed by atoms with E-state index in [1.165, 1.54) is 23.5 Å². The monoisotopic (exact) mass is 322 g/mol. The van der Waals surface area contributed by atoms with Crippen LogP contribution in [0, 0.1) is 0 Å². The molecule has 0 bridgehead atoms. The Morgan fingerprint density at radius 2 is 2.05 bits per heavy atom. The van der Waals surface area contributed by atoms with E-state index in [0.717, 1.165) is 44.5 Å². The second kappa shape index (κ2) is 6.91. The van der Waals surface area contributed by atoms with Crippen LogP contribution >= 0.6 is 11.3 Å². The number of benzene rings is 1. The van der Waals surface area contributed by atoms with Gasteiger partial charge in [-0.1, -0.05) is 11.3 Å². The maximum atomic E-state index is 9.84. The fourth-order valence-corrected chi connectivity index (χ4v) is 3.05. The molecule has 0 unspecified atom stereocenters. The summed E-state index contributed by atoms with van der Waals surface area (Å²) in [7, 11) is 0. The van der Waals surface area contributed by atoms with Crippen molar-refractivity contribution in [1.82, 2.24) is 15.1 Å². The number of phenolic OH excluding ortho intramolecular Hbond substituents is 2. The first-order valence-electron chi connectivity index (χ1n) is 7.12. The van der Waals surface area contributed by atoms with Crippen molar-refractivity contribution in [2.24, 2.45) is 0 Å². The summed E-state index contributed by atoms with van der Waals surface area (Å²) in [5.74, 6) is 0.0191. The van der Waals surface area contributed by atoms with Gasteiger partial charge in [-0.3, -0.25) is 4.90 Å². The lowest BCUT2D eigenvalue weighted by atomic mass is 10.2. The number of hydrogen-bond acceptors (Lipinski definition) is 8. The van der Waals surface area contributed by atoms with Crippen molar-refractivity contribution < 1.29 is 14.9 Å². The molecule has 0 radical (unpaired) electrons. The Hall–Kier alpha value is -1.90. The second-order valence-electron chi connectivity index (χ2n) is 4.99. The summed E-state index contributed by atoms with van der Waals surface area (Å²) in [6.07, 6.45) is 0. The molecule has 3 N–H and O–H groups in total. The molecule has 0 amide bonds. The molecule has 118 valence electrons. The van der Waals surface area contributed by atoms with Gasteiger partial charge in [0.2, 0.25) is 5.13 Å². The molecular formula is C14H18N4O3S. The Morgan fingerprint density at radius 3 is 2.82 bits per heavy atom. The number of nitrogens with zero attached hydrogens (tertiary/aromatic N) is 3. The van der Waals surface area contributed by atoms with Gasteiger partial charge in [0.1, 0.15) is 11.5 Å². The van der Waals surface area contributed by atoms with Crippen LogP contribution in [-0.4, -0.2) is 64.7 Å². The standard InChI is InChI=1S/C14H18N4O3S/c19-10-1-2-11(12(20)9-10)13-16-17-14(22-13)15-3-4-18-5-7-21-8-6-18/h1-2,9,19-20H,3-8H2,(H,15,17). The topological polar surface area (TPSA) is 90.7 Å². The largest absolute Gasteiger partial charge is 0.508 e. The molecule has 1 aliphatic heterocycles. The zero-order valence-corrected chi connectivity index (χ0v) is 12.8. The van der Waals surface area contributed by atoms with E-state index in [1.807, 2.05) is 0 Å². The Labute approximate surface area is 132 Å². The highest BCUT2D eigenvalue weighted by molar-refractivity contribution is 7.18. The molecule has 1 aliphatic rings. The van der Waals surface area contributed by atoms with Crippen molar-refractivity contribution in [1.29, 1.82) is 0 Å². The second-order valence-corrected chi connectivity index (χ2v) is 5.97. The third-order valence-electron chi connectivity index (χ3n) is 3.44. The molecule has 22 heavy (non-hydrogen) atoms. The highest BCUT2D eigenvalue weighted by Gasteiger charge is 2.12. The summed E-state index contributed by atoms with van der Waals surface area (Å²) in [6, 6.07) is 4.44. The summed E-state index contributed by atoms with van der Waals surface area (Å²) in [5.41, 5.74) is 0.566. The van der Waals surface area contributed by atoms with Crippen LogP contribution in [0.25, 0.3) is 10.6 Å². The van der Waals surface area contributed by atoms with Crippen LogP contribution in [-0.2, 0) is 4.74 Å². The van der Waals surface area contributed by atoms with Crippen LogP contribution < -0.4 is 5.32 Å². The zero-order valence-electron chi connectivity index (χ0n) is 12.0. The smallest absolute Gasteiger partial charge is 0.206 e. The van der Waals surface area contributed by atoms with Crippen molar-refractivity contribution in [2.45, 2.75) is 0 Å².